The summed E-state index contributed by atoms with van der Waals surface area (Å²) >= 11 is 0. The molecule has 1 rings (SSSR count). The number of allylic oxidation sites excluding steroid dienone is 1. The average molecular weight is 315 g/mol. The quantitative estimate of drug-likeness (QED) is 0.760. The predicted octanol–water partition coefficient (Wildman–Crippen LogP) is 2.78. The van der Waals surface area contributed by atoms with Crippen LogP contribution in [0.5, 0.6) is 0 Å². The zero-order valence-corrected chi connectivity index (χ0v) is 11.7. The molecule has 0 saturated carbocycles. The highest BCUT2D eigenvalue weighted by Gasteiger charge is 2.30. The van der Waals surface area contributed by atoms with E-state index >= 15 is 0 Å². The monoisotopic (exact) mass is 315 g/mol. The summed E-state index contributed by atoms with van der Waals surface area (Å²) in [7, 11) is 0. The highest BCUT2D eigenvalue weighted by molar-refractivity contribution is 5.84. The molecule has 7 heteroatoms. The molecule has 0 unspecified atom stereocenters. The van der Waals surface area contributed by atoms with E-state index in [9.17, 15) is 22.8 Å². The topological polar surface area (TPSA) is 66.4 Å². The number of halogens is 3. The van der Waals surface area contributed by atoms with Gasteiger partial charge >= 0.3 is 12.1 Å². The van der Waals surface area contributed by atoms with E-state index < -0.39 is 29.7 Å². The van der Waals surface area contributed by atoms with Crippen LogP contribution < -0.4 is 5.32 Å². The second kappa shape index (κ2) is 7.63. The normalized spacial score (nSPS) is 12.5. The molecule has 0 aromatic heterocycles. The van der Waals surface area contributed by atoms with Crippen molar-refractivity contribution in [3.05, 3.63) is 48.0 Å². The van der Waals surface area contributed by atoms with Gasteiger partial charge in [-0.05, 0) is 24.5 Å². The van der Waals surface area contributed by atoms with Crippen LogP contribution in [-0.2, 0) is 22.2 Å². The minimum absolute atomic E-state index is 0.167. The van der Waals surface area contributed by atoms with E-state index in [1.807, 2.05) is 0 Å². The van der Waals surface area contributed by atoms with Gasteiger partial charge in [-0.3, -0.25) is 4.79 Å². The summed E-state index contributed by atoms with van der Waals surface area (Å²) in [5, 5.41) is 11.3. The van der Waals surface area contributed by atoms with E-state index in [0.29, 0.717) is 6.42 Å². The Hall–Kier alpha value is -2.31. The number of carboxylic acid groups (broad SMARTS) is 1. The van der Waals surface area contributed by atoms with Gasteiger partial charge in [-0.1, -0.05) is 24.3 Å². The van der Waals surface area contributed by atoms with Crippen molar-refractivity contribution < 1.29 is 27.9 Å². The molecule has 0 radical (unpaired) electrons. The van der Waals surface area contributed by atoms with Gasteiger partial charge in [-0.2, -0.15) is 13.2 Å². The van der Waals surface area contributed by atoms with Crippen LogP contribution >= 0.6 is 0 Å². The number of benzene rings is 1. The summed E-state index contributed by atoms with van der Waals surface area (Å²) in [5.41, 5.74) is -0.681. The molecule has 0 saturated heterocycles. The Morgan fingerprint density at radius 3 is 2.59 bits per heavy atom. The first-order valence-corrected chi connectivity index (χ1v) is 6.53. The van der Waals surface area contributed by atoms with Crippen molar-refractivity contribution in [2.24, 2.45) is 0 Å². The fraction of sp³-hybridized carbons (Fsp3) is 0.333. The average Bonchev–Trinajstić information content (AvgIpc) is 2.42. The zero-order chi connectivity index (χ0) is 16.8. The Morgan fingerprint density at radius 1 is 1.36 bits per heavy atom. The number of amides is 1. The summed E-state index contributed by atoms with van der Waals surface area (Å²) in [6.07, 6.45) is -2.70. The van der Waals surface area contributed by atoms with Gasteiger partial charge in [0.2, 0.25) is 5.91 Å². The fourth-order valence-corrected chi connectivity index (χ4v) is 1.83. The van der Waals surface area contributed by atoms with Crippen molar-refractivity contribution >= 4 is 11.9 Å². The number of hydrogen-bond donors (Lipinski definition) is 2. The molecule has 0 spiro atoms. The summed E-state index contributed by atoms with van der Waals surface area (Å²) in [5.74, 6) is -1.84. The molecule has 1 aromatic rings. The van der Waals surface area contributed by atoms with Crippen LogP contribution in [0.3, 0.4) is 0 Å². The molecule has 1 aromatic carbocycles. The minimum Gasteiger partial charge on any atom is -0.480 e. The number of alkyl halides is 3. The van der Waals surface area contributed by atoms with E-state index in [1.54, 1.807) is 0 Å². The molecule has 0 aliphatic heterocycles. The molecule has 1 atom stereocenters. The van der Waals surface area contributed by atoms with Crippen LogP contribution in [0, 0.1) is 0 Å². The smallest absolute Gasteiger partial charge is 0.416 e. The lowest BCUT2D eigenvalue weighted by Gasteiger charge is -2.14. The third kappa shape index (κ3) is 5.59. The highest BCUT2D eigenvalue weighted by atomic mass is 19.4. The molecule has 1 amide bonds. The molecule has 22 heavy (non-hydrogen) atoms. The number of nitrogens with one attached hydrogen (secondary N) is 1. The number of hydrogen-bond acceptors (Lipinski definition) is 2. The largest absolute Gasteiger partial charge is 0.480 e. The van der Waals surface area contributed by atoms with Gasteiger partial charge in [0, 0.05) is 0 Å². The molecule has 2 N–H and O–H groups in total. The first-order chi connectivity index (χ1) is 10.2. The van der Waals surface area contributed by atoms with E-state index in [-0.39, 0.29) is 18.4 Å². The first-order valence-electron chi connectivity index (χ1n) is 6.53. The van der Waals surface area contributed by atoms with Gasteiger partial charge in [0.1, 0.15) is 6.04 Å². The van der Waals surface area contributed by atoms with Crippen LogP contribution in [0.2, 0.25) is 0 Å². The number of aliphatic carboxylic acids is 1. The lowest BCUT2D eigenvalue weighted by molar-refractivity contribution is -0.141. The van der Waals surface area contributed by atoms with Crippen LogP contribution in [0.4, 0.5) is 13.2 Å². The minimum atomic E-state index is -4.49. The maximum absolute atomic E-state index is 12.6. The summed E-state index contributed by atoms with van der Waals surface area (Å²) in [6.45, 7) is 3.46. The van der Waals surface area contributed by atoms with E-state index in [2.05, 4.69) is 11.9 Å². The summed E-state index contributed by atoms with van der Waals surface area (Å²) in [6, 6.07) is 3.29. The maximum atomic E-state index is 12.6. The third-order valence-corrected chi connectivity index (χ3v) is 2.91. The maximum Gasteiger partial charge on any atom is 0.416 e. The van der Waals surface area contributed by atoms with Crippen molar-refractivity contribution in [2.45, 2.75) is 31.5 Å². The highest BCUT2D eigenvalue weighted by Crippen LogP contribution is 2.29. The SMILES string of the molecule is C=CCC[C@H](NC(=O)Cc1cccc(C(F)(F)F)c1)C(=O)O. The number of rotatable bonds is 7. The second-order valence-electron chi connectivity index (χ2n) is 4.70. The molecule has 4 nitrogen and oxygen atoms in total. The van der Waals surface area contributed by atoms with Crippen molar-refractivity contribution in [2.75, 3.05) is 0 Å². The van der Waals surface area contributed by atoms with Gasteiger partial charge in [-0.15, -0.1) is 6.58 Å². The number of carbonyl (C=O) groups is 2. The van der Waals surface area contributed by atoms with Gasteiger partial charge < -0.3 is 10.4 Å². The summed E-state index contributed by atoms with van der Waals surface area (Å²) < 4.78 is 37.7. The Bertz CT molecular complexity index is 555. The van der Waals surface area contributed by atoms with Gasteiger partial charge in [0.15, 0.2) is 0 Å². The van der Waals surface area contributed by atoms with E-state index in [1.165, 1.54) is 18.2 Å². The lowest BCUT2D eigenvalue weighted by Crippen LogP contribution is -2.41. The van der Waals surface area contributed by atoms with E-state index in [4.69, 9.17) is 5.11 Å². The van der Waals surface area contributed by atoms with Gasteiger partial charge in [0.05, 0.1) is 12.0 Å². The Morgan fingerprint density at radius 2 is 2.05 bits per heavy atom. The number of carbonyl (C=O) groups excluding carboxylic acids is 1. The van der Waals surface area contributed by atoms with Crippen LogP contribution in [0.25, 0.3) is 0 Å². The second-order valence-corrected chi connectivity index (χ2v) is 4.70. The summed E-state index contributed by atoms with van der Waals surface area (Å²) in [4.78, 5) is 22.8. The molecular weight excluding hydrogens is 299 g/mol. The molecule has 0 bridgehead atoms. The van der Waals surface area contributed by atoms with E-state index in [0.717, 1.165) is 12.1 Å². The molecule has 0 aliphatic carbocycles. The van der Waals surface area contributed by atoms with Crippen LogP contribution in [0.1, 0.15) is 24.0 Å². The standard InChI is InChI=1S/C15H16F3NO3/c1-2-3-7-12(14(21)22)19-13(20)9-10-5-4-6-11(8-10)15(16,17)18/h2,4-6,8,12H,1,3,7,9H2,(H,19,20)(H,21,22)/t12-/m0/s1. The molecular formula is C15H16F3NO3. The van der Waals surface area contributed by atoms with Crippen LogP contribution in [-0.4, -0.2) is 23.0 Å². The van der Waals surface area contributed by atoms with Crippen molar-refractivity contribution in [3.63, 3.8) is 0 Å². The number of carboxylic acids is 1. The van der Waals surface area contributed by atoms with Gasteiger partial charge in [-0.25, -0.2) is 4.79 Å². The molecule has 0 heterocycles. The Kier molecular flexibility index (Phi) is 6.15. The van der Waals surface area contributed by atoms with Crippen molar-refractivity contribution in [3.8, 4) is 0 Å². The third-order valence-electron chi connectivity index (χ3n) is 2.91. The Balaban J connectivity index is 2.71. The lowest BCUT2D eigenvalue weighted by atomic mass is 10.1. The molecule has 0 aliphatic rings. The van der Waals surface area contributed by atoms with Gasteiger partial charge in [0.25, 0.3) is 0 Å². The molecule has 0 fully saturated rings. The Labute approximate surface area is 125 Å². The molecule has 120 valence electrons. The first kappa shape index (κ1) is 17.7. The zero-order valence-electron chi connectivity index (χ0n) is 11.7. The fourth-order valence-electron chi connectivity index (χ4n) is 1.83. The predicted molar refractivity (Wildman–Crippen MR) is 74.1 cm³/mol. The van der Waals surface area contributed by atoms with Crippen LogP contribution in [0.15, 0.2) is 36.9 Å². The van der Waals surface area contributed by atoms with Crippen molar-refractivity contribution in [1.82, 2.24) is 5.32 Å². The van der Waals surface area contributed by atoms with Crippen molar-refractivity contribution in [1.29, 1.82) is 0 Å².